The Morgan fingerprint density at radius 2 is 1.92 bits per heavy atom. The van der Waals surface area contributed by atoms with E-state index in [1.165, 1.54) is 0 Å². The molecule has 6 heteroatoms. The second-order valence-corrected chi connectivity index (χ2v) is 2.00. The molecule has 0 aliphatic heterocycles. The minimum atomic E-state index is -3.14. The molecule has 1 rings (SSSR count). The van der Waals surface area contributed by atoms with Crippen molar-refractivity contribution in [1.82, 2.24) is 4.98 Å². The van der Waals surface area contributed by atoms with Gasteiger partial charge in [-0.15, -0.1) is 0 Å². The van der Waals surface area contributed by atoms with Crippen molar-refractivity contribution < 1.29 is 23.4 Å². The highest BCUT2D eigenvalue weighted by atomic mass is 19.3. The summed E-state index contributed by atoms with van der Waals surface area (Å²) in [5.74, 6) is -3.67. The number of aromatic nitrogens is 1. The van der Waals surface area contributed by atoms with Crippen LogP contribution in [0.25, 0.3) is 0 Å². The Kier molecular flexibility index (Phi) is 2.07. The third-order valence-electron chi connectivity index (χ3n) is 1.24. The van der Waals surface area contributed by atoms with Gasteiger partial charge in [0.15, 0.2) is 5.75 Å². The van der Waals surface area contributed by atoms with Crippen molar-refractivity contribution in [2.24, 2.45) is 0 Å². The number of rotatable bonds is 1. The largest absolute Gasteiger partial charge is 0.506 e. The molecule has 0 saturated carbocycles. The molecule has 0 aliphatic rings. The van der Waals surface area contributed by atoms with E-state index in [2.05, 4.69) is 4.98 Å². The zero-order chi connectivity index (χ0) is 9.30. The van der Waals surface area contributed by atoms with Crippen LogP contribution in [0.5, 0.6) is 11.5 Å². The Hall–Kier alpha value is -1.46. The molecule has 0 atom stereocenters. The molecule has 0 spiro atoms. The average molecular weight is 179 g/mol. The van der Waals surface area contributed by atoms with Gasteiger partial charge in [-0.2, -0.15) is 4.39 Å². The highest BCUT2D eigenvalue weighted by Gasteiger charge is 2.21. The van der Waals surface area contributed by atoms with Crippen LogP contribution < -0.4 is 0 Å². The van der Waals surface area contributed by atoms with Crippen molar-refractivity contribution in [3.8, 4) is 11.5 Å². The Morgan fingerprint density at radius 3 is 2.33 bits per heavy atom. The summed E-state index contributed by atoms with van der Waals surface area (Å²) in [5, 5.41) is 17.4. The topological polar surface area (TPSA) is 53.4 Å². The summed E-state index contributed by atoms with van der Waals surface area (Å²) in [7, 11) is 0. The summed E-state index contributed by atoms with van der Waals surface area (Å²) >= 11 is 0. The van der Waals surface area contributed by atoms with Gasteiger partial charge < -0.3 is 10.2 Å². The summed E-state index contributed by atoms with van der Waals surface area (Å²) in [5.41, 5.74) is -1.14. The molecule has 0 unspecified atom stereocenters. The van der Waals surface area contributed by atoms with E-state index in [1.54, 1.807) is 0 Å². The molecule has 0 saturated heterocycles. The predicted molar refractivity (Wildman–Crippen MR) is 32.5 cm³/mol. The number of hydrogen-bond acceptors (Lipinski definition) is 3. The summed E-state index contributed by atoms with van der Waals surface area (Å²) < 4.78 is 36.2. The predicted octanol–water partition coefficient (Wildman–Crippen LogP) is 1.57. The fraction of sp³-hybridized carbons (Fsp3) is 0.167. The zero-order valence-corrected chi connectivity index (χ0v) is 5.63. The highest BCUT2D eigenvalue weighted by molar-refractivity contribution is 5.41. The fourth-order valence-corrected chi connectivity index (χ4v) is 0.696. The molecule has 0 amide bonds. The lowest BCUT2D eigenvalue weighted by Gasteiger charge is -2.04. The van der Waals surface area contributed by atoms with Crippen molar-refractivity contribution in [3.63, 3.8) is 0 Å². The maximum atomic E-state index is 12.3. The van der Waals surface area contributed by atoms with Gasteiger partial charge in [0.05, 0.1) is 6.20 Å². The Balaban J connectivity index is 3.33. The van der Waals surface area contributed by atoms with Gasteiger partial charge >= 0.3 is 0 Å². The van der Waals surface area contributed by atoms with Gasteiger partial charge in [-0.3, -0.25) is 0 Å². The third kappa shape index (κ3) is 1.27. The van der Waals surface area contributed by atoms with Crippen LogP contribution in [-0.2, 0) is 0 Å². The van der Waals surface area contributed by atoms with Gasteiger partial charge in [0, 0.05) is 0 Å². The molecular formula is C6H4F3NO2. The van der Waals surface area contributed by atoms with Crippen LogP contribution in [0.15, 0.2) is 6.20 Å². The number of nitrogens with zero attached hydrogens (tertiary/aromatic N) is 1. The van der Waals surface area contributed by atoms with Gasteiger partial charge in [0.2, 0.25) is 0 Å². The number of pyridine rings is 1. The third-order valence-corrected chi connectivity index (χ3v) is 1.24. The standard InChI is InChI=1S/C6H4F3NO2/c7-5(8)3-2(11)1-10-6(9)4(3)12/h1,5,11-12H. The molecule has 0 aromatic carbocycles. The maximum Gasteiger partial charge on any atom is 0.271 e. The van der Waals surface area contributed by atoms with Crippen LogP contribution in [0.2, 0.25) is 0 Å². The first-order valence-electron chi connectivity index (χ1n) is 2.88. The van der Waals surface area contributed by atoms with Gasteiger partial charge in [-0.1, -0.05) is 0 Å². The van der Waals surface area contributed by atoms with Gasteiger partial charge in [-0.05, 0) is 0 Å². The van der Waals surface area contributed by atoms with Crippen LogP contribution >= 0.6 is 0 Å². The molecule has 0 bridgehead atoms. The van der Waals surface area contributed by atoms with Crippen molar-refractivity contribution in [1.29, 1.82) is 0 Å². The van der Waals surface area contributed by atoms with E-state index in [4.69, 9.17) is 10.2 Å². The number of aromatic hydroxyl groups is 2. The van der Waals surface area contributed by atoms with Crippen LogP contribution in [0, 0.1) is 5.95 Å². The highest BCUT2D eigenvalue weighted by Crippen LogP contribution is 2.35. The zero-order valence-electron chi connectivity index (χ0n) is 5.63. The molecular weight excluding hydrogens is 175 g/mol. The van der Waals surface area contributed by atoms with E-state index in [9.17, 15) is 13.2 Å². The SMILES string of the molecule is Oc1cnc(F)c(O)c1C(F)F. The van der Waals surface area contributed by atoms with Crippen molar-refractivity contribution in [2.75, 3.05) is 0 Å². The molecule has 0 aliphatic carbocycles. The van der Waals surface area contributed by atoms with E-state index in [-0.39, 0.29) is 0 Å². The van der Waals surface area contributed by atoms with Crippen LogP contribution in [0.3, 0.4) is 0 Å². The maximum absolute atomic E-state index is 12.3. The summed E-state index contributed by atoms with van der Waals surface area (Å²) in [4.78, 5) is 2.82. The molecule has 2 N–H and O–H groups in total. The monoisotopic (exact) mass is 179 g/mol. The molecule has 66 valence electrons. The molecule has 1 aromatic rings. The minimum absolute atomic E-state index is 0.510. The summed E-state index contributed by atoms with van der Waals surface area (Å²) in [6.45, 7) is 0. The van der Waals surface area contributed by atoms with Gasteiger partial charge in [0.1, 0.15) is 11.3 Å². The lowest BCUT2D eigenvalue weighted by atomic mass is 10.2. The Labute approximate surface area is 65.1 Å². The second kappa shape index (κ2) is 2.88. The molecule has 0 radical (unpaired) electrons. The second-order valence-electron chi connectivity index (χ2n) is 2.00. The molecule has 1 aromatic heterocycles. The first-order chi connectivity index (χ1) is 5.54. The van der Waals surface area contributed by atoms with Gasteiger partial charge in [0.25, 0.3) is 12.4 Å². The van der Waals surface area contributed by atoms with E-state index in [1.807, 2.05) is 0 Å². The van der Waals surface area contributed by atoms with Crippen molar-refractivity contribution in [3.05, 3.63) is 17.7 Å². The van der Waals surface area contributed by atoms with E-state index >= 15 is 0 Å². The Bertz CT molecular complexity index is 303. The lowest BCUT2D eigenvalue weighted by Crippen LogP contribution is -1.92. The first kappa shape index (κ1) is 8.63. The normalized spacial score (nSPS) is 10.7. The quantitative estimate of drug-likeness (QED) is 0.643. The lowest BCUT2D eigenvalue weighted by molar-refractivity contribution is 0.141. The summed E-state index contributed by atoms with van der Waals surface area (Å²) in [6.07, 6.45) is -2.63. The smallest absolute Gasteiger partial charge is 0.271 e. The number of alkyl halides is 2. The average Bonchev–Trinajstić information content (AvgIpc) is 1.97. The molecule has 3 nitrogen and oxygen atoms in total. The Morgan fingerprint density at radius 1 is 1.33 bits per heavy atom. The van der Waals surface area contributed by atoms with Crippen LogP contribution in [0.1, 0.15) is 12.0 Å². The van der Waals surface area contributed by atoms with Crippen LogP contribution in [0.4, 0.5) is 13.2 Å². The minimum Gasteiger partial charge on any atom is -0.506 e. The van der Waals surface area contributed by atoms with Crippen LogP contribution in [-0.4, -0.2) is 15.2 Å². The number of hydrogen-bond donors (Lipinski definition) is 2. The number of halogens is 3. The summed E-state index contributed by atoms with van der Waals surface area (Å²) in [6, 6.07) is 0. The molecule has 12 heavy (non-hydrogen) atoms. The molecule has 0 fully saturated rings. The van der Waals surface area contributed by atoms with Crippen molar-refractivity contribution in [2.45, 2.75) is 6.43 Å². The van der Waals surface area contributed by atoms with E-state index < -0.39 is 29.4 Å². The fourth-order valence-electron chi connectivity index (χ4n) is 0.696. The molecule has 1 heterocycles. The van der Waals surface area contributed by atoms with Gasteiger partial charge in [-0.25, -0.2) is 13.8 Å². The first-order valence-corrected chi connectivity index (χ1v) is 2.88. The van der Waals surface area contributed by atoms with Crippen molar-refractivity contribution >= 4 is 0 Å². The van der Waals surface area contributed by atoms with E-state index in [0.29, 0.717) is 6.20 Å². The van der Waals surface area contributed by atoms with E-state index in [0.717, 1.165) is 0 Å².